The molecule has 0 unspecified atom stereocenters. The molecule has 2 rings (SSSR count). The van der Waals surface area contributed by atoms with Crippen molar-refractivity contribution in [2.24, 2.45) is 5.92 Å². The number of hydrogen-bond acceptors (Lipinski definition) is 4. The van der Waals surface area contributed by atoms with Crippen molar-refractivity contribution in [3.8, 4) is 11.5 Å². The van der Waals surface area contributed by atoms with E-state index < -0.39 is 0 Å². The molecule has 0 spiro atoms. The smallest absolute Gasteiger partial charge is 0.221 e. The van der Waals surface area contributed by atoms with Crippen molar-refractivity contribution in [1.82, 2.24) is 10.6 Å². The van der Waals surface area contributed by atoms with E-state index in [4.69, 9.17) is 9.47 Å². The average Bonchev–Trinajstić information content (AvgIpc) is 2.51. The van der Waals surface area contributed by atoms with Gasteiger partial charge in [0.2, 0.25) is 11.8 Å². The molecule has 2 N–H and O–H groups in total. The lowest BCUT2D eigenvalue weighted by Gasteiger charge is -2.25. The van der Waals surface area contributed by atoms with Crippen molar-refractivity contribution < 1.29 is 19.1 Å². The zero-order valence-corrected chi connectivity index (χ0v) is 13.0. The van der Waals surface area contributed by atoms with Gasteiger partial charge >= 0.3 is 0 Å². The monoisotopic (exact) mass is 306 g/mol. The van der Waals surface area contributed by atoms with Crippen molar-refractivity contribution in [2.75, 3.05) is 26.8 Å². The summed E-state index contributed by atoms with van der Waals surface area (Å²) in [4.78, 5) is 22.4. The van der Waals surface area contributed by atoms with Gasteiger partial charge in [-0.15, -0.1) is 0 Å². The second-order valence-corrected chi connectivity index (χ2v) is 5.39. The number of hydrogen-bond donors (Lipinski definition) is 2. The molecule has 120 valence electrons. The quantitative estimate of drug-likeness (QED) is 0.818. The van der Waals surface area contributed by atoms with Crippen LogP contribution < -0.4 is 20.1 Å². The molecule has 0 aromatic heterocycles. The normalized spacial score (nSPS) is 16.2. The first kappa shape index (κ1) is 16.1. The Kier molecular flexibility index (Phi) is 5.63. The zero-order valence-electron chi connectivity index (χ0n) is 13.0. The Bertz CT molecular complexity index is 545. The minimum Gasteiger partial charge on any atom is -0.497 e. The van der Waals surface area contributed by atoms with Crippen molar-refractivity contribution in [3.63, 3.8) is 0 Å². The predicted molar refractivity (Wildman–Crippen MR) is 82.0 cm³/mol. The van der Waals surface area contributed by atoms with Gasteiger partial charge in [0.05, 0.1) is 13.7 Å². The second kappa shape index (κ2) is 7.68. The lowest BCUT2D eigenvalue weighted by Crippen LogP contribution is -2.36. The molecule has 1 aromatic rings. The molecule has 0 fully saturated rings. The zero-order chi connectivity index (χ0) is 15.9. The number of fused-ring (bicyclic) bond motifs is 1. The largest absolute Gasteiger partial charge is 0.497 e. The molecule has 0 saturated carbocycles. The third-order valence-electron chi connectivity index (χ3n) is 3.57. The highest BCUT2D eigenvalue weighted by atomic mass is 16.5. The van der Waals surface area contributed by atoms with Crippen molar-refractivity contribution in [1.29, 1.82) is 0 Å². The van der Waals surface area contributed by atoms with E-state index in [1.54, 1.807) is 7.11 Å². The van der Waals surface area contributed by atoms with Crippen LogP contribution in [-0.2, 0) is 16.0 Å². The Labute approximate surface area is 130 Å². The first-order valence-electron chi connectivity index (χ1n) is 7.39. The summed E-state index contributed by atoms with van der Waals surface area (Å²) in [6.45, 7) is 2.95. The highest BCUT2D eigenvalue weighted by Gasteiger charge is 2.20. The summed E-state index contributed by atoms with van der Waals surface area (Å²) in [6, 6.07) is 5.80. The summed E-state index contributed by atoms with van der Waals surface area (Å²) in [6.07, 6.45) is 1.16. The first-order valence-corrected chi connectivity index (χ1v) is 7.39. The fourth-order valence-corrected chi connectivity index (χ4v) is 2.37. The van der Waals surface area contributed by atoms with E-state index in [-0.39, 0.29) is 17.7 Å². The summed E-state index contributed by atoms with van der Waals surface area (Å²) in [5.41, 5.74) is 1.13. The van der Waals surface area contributed by atoms with Crippen LogP contribution >= 0.6 is 0 Å². The van der Waals surface area contributed by atoms with Gasteiger partial charge in [0.25, 0.3) is 0 Å². The van der Waals surface area contributed by atoms with Gasteiger partial charge in [-0.25, -0.2) is 0 Å². The Morgan fingerprint density at radius 1 is 1.36 bits per heavy atom. The number of ether oxygens (including phenoxy) is 2. The van der Waals surface area contributed by atoms with E-state index in [0.717, 1.165) is 23.5 Å². The highest BCUT2D eigenvalue weighted by molar-refractivity contribution is 5.77. The van der Waals surface area contributed by atoms with E-state index >= 15 is 0 Å². The molecule has 1 aromatic carbocycles. The molecule has 1 aliphatic rings. The third kappa shape index (κ3) is 4.65. The summed E-state index contributed by atoms with van der Waals surface area (Å²) >= 11 is 0. The Hall–Kier alpha value is -2.24. The molecule has 6 nitrogen and oxygen atoms in total. The Morgan fingerprint density at radius 2 is 2.18 bits per heavy atom. The number of rotatable bonds is 6. The van der Waals surface area contributed by atoms with E-state index in [0.29, 0.717) is 26.1 Å². The molecule has 0 bridgehead atoms. The average molecular weight is 306 g/mol. The van der Waals surface area contributed by atoms with Gasteiger partial charge in [-0.1, -0.05) is 6.07 Å². The topological polar surface area (TPSA) is 76.7 Å². The maximum atomic E-state index is 11.7. The number of amides is 2. The Morgan fingerprint density at radius 3 is 2.91 bits per heavy atom. The predicted octanol–water partition coefficient (Wildman–Crippen LogP) is 0.889. The van der Waals surface area contributed by atoms with Gasteiger partial charge in [0, 0.05) is 38.4 Å². The molecule has 0 saturated heterocycles. The van der Waals surface area contributed by atoms with Crippen LogP contribution in [0.25, 0.3) is 0 Å². The number of carbonyl (C=O) groups is 2. The first-order chi connectivity index (χ1) is 10.6. The van der Waals surface area contributed by atoms with Gasteiger partial charge in [-0.05, 0) is 18.1 Å². The van der Waals surface area contributed by atoms with Crippen LogP contribution in [0.5, 0.6) is 11.5 Å². The minimum absolute atomic E-state index is 0.0609. The minimum atomic E-state index is -0.125. The van der Waals surface area contributed by atoms with Crippen molar-refractivity contribution >= 4 is 11.8 Å². The van der Waals surface area contributed by atoms with Crippen molar-refractivity contribution in [3.05, 3.63) is 23.8 Å². The number of nitrogens with one attached hydrogen (secondary N) is 2. The highest BCUT2D eigenvalue weighted by Crippen LogP contribution is 2.30. The molecular weight excluding hydrogens is 284 g/mol. The van der Waals surface area contributed by atoms with Crippen LogP contribution in [0.4, 0.5) is 0 Å². The second-order valence-electron chi connectivity index (χ2n) is 5.39. The lowest BCUT2D eigenvalue weighted by molar-refractivity contribution is -0.121. The van der Waals surface area contributed by atoms with Gasteiger partial charge in [-0.3, -0.25) is 9.59 Å². The Balaban J connectivity index is 1.76. The summed E-state index contributed by atoms with van der Waals surface area (Å²) in [5.74, 6) is 1.71. The molecule has 0 aliphatic carbocycles. The SMILES string of the molecule is COc1ccc2c(c1)OC[C@@H](CNC(=O)CCNC(C)=O)C2. The third-order valence-corrected chi connectivity index (χ3v) is 3.57. The van der Waals surface area contributed by atoms with E-state index in [2.05, 4.69) is 10.6 Å². The lowest BCUT2D eigenvalue weighted by atomic mass is 9.96. The van der Waals surface area contributed by atoms with Crippen LogP contribution in [-0.4, -0.2) is 38.6 Å². The maximum absolute atomic E-state index is 11.7. The standard InChI is InChI=1S/C16H22N2O4/c1-11(19)17-6-5-16(20)18-9-12-7-13-3-4-14(21-2)8-15(13)22-10-12/h3-4,8,12H,5-7,9-10H2,1-2H3,(H,17,19)(H,18,20)/t12-/m1/s1. The fraction of sp³-hybridized carbons (Fsp3) is 0.500. The van der Waals surface area contributed by atoms with E-state index in [1.165, 1.54) is 6.92 Å². The summed E-state index contributed by atoms with van der Waals surface area (Å²) in [7, 11) is 1.63. The molecular formula is C16H22N2O4. The van der Waals surface area contributed by atoms with Crippen LogP contribution in [0, 0.1) is 5.92 Å². The van der Waals surface area contributed by atoms with Crippen LogP contribution in [0.3, 0.4) is 0 Å². The molecule has 2 amide bonds. The molecule has 1 atom stereocenters. The van der Waals surface area contributed by atoms with Gasteiger partial charge < -0.3 is 20.1 Å². The number of carbonyl (C=O) groups excluding carboxylic acids is 2. The van der Waals surface area contributed by atoms with E-state index in [1.807, 2.05) is 18.2 Å². The van der Waals surface area contributed by atoms with Gasteiger partial charge in [-0.2, -0.15) is 0 Å². The fourth-order valence-electron chi connectivity index (χ4n) is 2.37. The number of methoxy groups -OCH3 is 1. The summed E-state index contributed by atoms with van der Waals surface area (Å²) < 4.78 is 10.9. The molecule has 1 aliphatic heterocycles. The van der Waals surface area contributed by atoms with E-state index in [9.17, 15) is 9.59 Å². The van der Waals surface area contributed by atoms with Crippen LogP contribution in [0.2, 0.25) is 0 Å². The molecule has 0 radical (unpaired) electrons. The van der Waals surface area contributed by atoms with Gasteiger partial charge in [0.15, 0.2) is 0 Å². The summed E-state index contributed by atoms with van der Waals surface area (Å²) in [5, 5.41) is 5.49. The van der Waals surface area contributed by atoms with Gasteiger partial charge in [0.1, 0.15) is 11.5 Å². The number of benzene rings is 1. The van der Waals surface area contributed by atoms with Crippen LogP contribution in [0.15, 0.2) is 18.2 Å². The van der Waals surface area contributed by atoms with Crippen molar-refractivity contribution in [2.45, 2.75) is 19.8 Å². The van der Waals surface area contributed by atoms with Crippen LogP contribution in [0.1, 0.15) is 18.9 Å². The maximum Gasteiger partial charge on any atom is 0.221 e. The molecule has 1 heterocycles. The molecule has 22 heavy (non-hydrogen) atoms. The molecule has 6 heteroatoms.